The molecule has 2 aromatic carbocycles. The van der Waals surface area contributed by atoms with Crippen LogP contribution >= 0.6 is 0 Å². The molecule has 0 N–H and O–H groups in total. The number of ether oxygens (including phenoxy) is 1. The first kappa shape index (κ1) is 19.5. The third-order valence-corrected chi connectivity index (χ3v) is 4.71. The summed E-state index contributed by atoms with van der Waals surface area (Å²) in [5.74, 6) is -1.36. The maximum atomic E-state index is 13.6. The quantitative estimate of drug-likeness (QED) is 0.455. The number of hydrogen-bond donors (Lipinski definition) is 0. The van der Waals surface area contributed by atoms with E-state index < -0.39 is 11.8 Å². The van der Waals surface area contributed by atoms with Gasteiger partial charge in [-0.1, -0.05) is 48.5 Å². The summed E-state index contributed by atoms with van der Waals surface area (Å²) in [6, 6.07) is 17.8. The van der Waals surface area contributed by atoms with Crippen LogP contribution in [0.2, 0.25) is 0 Å². The van der Waals surface area contributed by atoms with Crippen molar-refractivity contribution < 1.29 is 18.7 Å². The van der Waals surface area contributed by atoms with Gasteiger partial charge in [0.05, 0.1) is 6.42 Å². The molecule has 0 aliphatic carbocycles. The summed E-state index contributed by atoms with van der Waals surface area (Å²) in [6.45, 7) is 4.13. The molecule has 0 aliphatic heterocycles. The average molecular weight is 379 g/mol. The van der Waals surface area contributed by atoms with E-state index >= 15 is 0 Å². The summed E-state index contributed by atoms with van der Waals surface area (Å²) in [6.07, 6.45) is -0.201. The Morgan fingerprint density at radius 1 is 1.00 bits per heavy atom. The molecule has 3 rings (SSSR count). The van der Waals surface area contributed by atoms with Crippen LogP contribution in [0.5, 0.6) is 0 Å². The highest BCUT2D eigenvalue weighted by atomic mass is 19.1. The molecule has 0 fully saturated rings. The molecule has 0 unspecified atom stereocenters. The Labute approximate surface area is 163 Å². The second-order valence-corrected chi connectivity index (χ2v) is 6.71. The molecule has 0 radical (unpaired) electrons. The average Bonchev–Trinajstić information content (AvgIpc) is 2.97. The molecular weight excluding hydrogens is 357 g/mol. The van der Waals surface area contributed by atoms with Crippen molar-refractivity contribution >= 4 is 11.8 Å². The second-order valence-electron chi connectivity index (χ2n) is 6.71. The lowest BCUT2D eigenvalue weighted by Gasteiger charge is -2.10. The Kier molecular flexibility index (Phi) is 6.04. The van der Waals surface area contributed by atoms with E-state index in [0.29, 0.717) is 12.1 Å². The first-order valence-electron chi connectivity index (χ1n) is 9.08. The molecule has 0 bridgehead atoms. The van der Waals surface area contributed by atoms with Crippen molar-refractivity contribution in [2.75, 3.05) is 6.61 Å². The SMILES string of the molecule is Cc1cc(C(=O)COC(=O)Cc2ccccc2F)c(C)n1Cc1ccccc1. The molecule has 0 atom stereocenters. The summed E-state index contributed by atoms with van der Waals surface area (Å²) in [5.41, 5.74) is 3.71. The molecule has 0 amide bonds. The Hall–Kier alpha value is -3.21. The number of aryl methyl sites for hydroxylation is 1. The van der Waals surface area contributed by atoms with Gasteiger partial charge in [-0.15, -0.1) is 0 Å². The molecule has 1 heterocycles. The van der Waals surface area contributed by atoms with Gasteiger partial charge in [-0.3, -0.25) is 9.59 Å². The molecule has 144 valence electrons. The van der Waals surface area contributed by atoms with Crippen molar-refractivity contribution in [2.24, 2.45) is 0 Å². The maximum absolute atomic E-state index is 13.6. The van der Waals surface area contributed by atoms with E-state index in [2.05, 4.69) is 4.57 Å². The van der Waals surface area contributed by atoms with Gasteiger partial charge in [0.2, 0.25) is 5.78 Å². The van der Waals surface area contributed by atoms with Crippen LogP contribution < -0.4 is 0 Å². The third-order valence-electron chi connectivity index (χ3n) is 4.71. The Balaban J connectivity index is 1.64. The van der Waals surface area contributed by atoms with Crippen molar-refractivity contribution in [1.82, 2.24) is 4.57 Å². The molecular formula is C23H22FNO3. The van der Waals surface area contributed by atoms with E-state index in [1.54, 1.807) is 12.1 Å². The van der Waals surface area contributed by atoms with Crippen LogP contribution in [0.1, 0.15) is 32.9 Å². The van der Waals surface area contributed by atoms with Gasteiger partial charge < -0.3 is 9.30 Å². The van der Waals surface area contributed by atoms with Crippen molar-refractivity contribution in [3.63, 3.8) is 0 Å². The highest BCUT2D eigenvalue weighted by Crippen LogP contribution is 2.18. The minimum atomic E-state index is -0.628. The van der Waals surface area contributed by atoms with Gasteiger partial charge in [0.25, 0.3) is 0 Å². The van der Waals surface area contributed by atoms with E-state index in [4.69, 9.17) is 4.74 Å². The molecule has 0 saturated heterocycles. The zero-order chi connectivity index (χ0) is 20.1. The van der Waals surface area contributed by atoms with Crippen molar-refractivity contribution in [2.45, 2.75) is 26.8 Å². The smallest absolute Gasteiger partial charge is 0.310 e. The molecule has 5 heteroatoms. The molecule has 28 heavy (non-hydrogen) atoms. The standard InChI is InChI=1S/C23H22FNO3/c1-16-12-20(17(2)25(16)14-18-8-4-3-5-9-18)22(26)15-28-23(27)13-19-10-6-7-11-21(19)24/h3-12H,13-15H2,1-2H3. The lowest BCUT2D eigenvalue weighted by molar-refractivity contribution is -0.141. The largest absolute Gasteiger partial charge is 0.457 e. The third kappa shape index (κ3) is 4.55. The zero-order valence-electron chi connectivity index (χ0n) is 15.9. The number of benzene rings is 2. The Morgan fingerprint density at radius 2 is 1.68 bits per heavy atom. The minimum Gasteiger partial charge on any atom is -0.457 e. The summed E-state index contributed by atoms with van der Waals surface area (Å²) >= 11 is 0. The second kappa shape index (κ2) is 8.65. The number of esters is 1. The normalized spacial score (nSPS) is 10.7. The van der Waals surface area contributed by atoms with Gasteiger partial charge in [0.15, 0.2) is 6.61 Å². The molecule has 0 aliphatic rings. The Bertz CT molecular complexity index is 992. The first-order chi connectivity index (χ1) is 13.5. The van der Waals surface area contributed by atoms with Crippen molar-refractivity contribution in [3.05, 3.63) is 94.6 Å². The van der Waals surface area contributed by atoms with Crippen LogP contribution in [-0.2, 0) is 22.5 Å². The van der Waals surface area contributed by atoms with Crippen LogP contribution in [0.3, 0.4) is 0 Å². The molecule has 0 saturated carbocycles. The number of carbonyl (C=O) groups is 2. The summed E-state index contributed by atoms with van der Waals surface area (Å²) < 4.78 is 20.7. The number of rotatable bonds is 7. The molecule has 3 aromatic rings. The summed E-state index contributed by atoms with van der Waals surface area (Å²) in [5, 5.41) is 0. The summed E-state index contributed by atoms with van der Waals surface area (Å²) in [7, 11) is 0. The number of hydrogen-bond acceptors (Lipinski definition) is 3. The Morgan fingerprint density at radius 3 is 2.39 bits per heavy atom. The fourth-order valence-corrected chi connectivity index (χ4v) is 3.16. The van der Waals surface area contributed by atoms with Gasteiger partial charge in [0, 0.05) is 23.5 Å². The maximum Gasteiger partial charge on any atom is 0.310 e. The van der Waals surface area contributed by atoms with Crippen LogP contribution in [0.25, 0.3) is 0 Å². The lowest BCUT2D eigenvalue weighted by atomic mass is 10.1. The van der Waals surface area contributed by atoms with Crippen LogP contribution in [-0.4, -0.2) is 22.9 Å². The topological polar surface area (TPSA) is 48.3 Å². The summed E-state index contributed by atoms with van der Waals surface area (Å²) in [4.78, 5) is 24.5. The van der Waals surface area contributed by atoms with Gasteiger partial charge >= 0.3 is 5.97 Å². The predicted octanol–water partition coefficient (Wildman–Crippen LogP) is 4.26. The van der Waals surface area contributed by atoms with E-state index in [1.807, 2.05) is 50.2 Å². The lowest BCUT2D eigenvalue weighted by Crippen LogP contribution is -2.17. The van der Waals surface area contributed by atoms with Gasteiger partial charge in [-0.05, 0) is 37.1 Å². The van der Waals surface area contributed by atoms with Crippen LogP contribution in [0.4, 0.5) is 4.39 Å². The number of Topliss-reactive ketones (excluding diaryl/α,β-unsaturated/α-hetero) is 1. The molecule has 4 nitrogen and oxygen atoms in total. The first-order valence-corrected chi connectivity index (χ1v) is 9.08. The highest BCUT2D eigenvalue weighted by Gasteiger charge is 2.18. The minimum absolute atomic E-state index is 0.201. The van der Waals surface area contributed by atoms with Crippen LogP contribution in [0, 0.1) is 19.7 Å². The van der Waals surface area contributed by atoms with Gasteiger partial charge in [-0.25, -0.2) is 4.39 Å². The van der Waals surface area contributed by atoms with Gasteiger partial charge in [-0.2, -0.15) is 0 Å². The zero-order valence-corrected chi connectivity index (χ0v) is 15.9. The highest BCUT2D eigenvalue weighted by molar-refractivity contribution is 5.99. The van der Waals surface area contributed by atoms with Crippen LogP contribution in [0.15, 0.2) is 60.7 Å². The number of aromatic nitrogens is 1. The monoisotopic (exact) mass is 379 g/mol. The number of nitrogens with zero attached hydrogens (tertiary/aromatic N) is 1. The molecule has 0 spiro atoms. The van der Waals surface area contributed by atoms with E-state index in [-0.39, 0.29) is 24.4 Å². The fourth-order valence-electron chi connectivity index (χ4n) is 3.16. The van der Waals surface area contributed by atoms with Crippen molar-refractivity contribution in [1.29, 1.82) is 0 Å². The molecule has 1 aromatic heterocycles. The van der Waals surface area contributed by atoms with E-state index in [9.17, 15) is 14.0 Å². The number of ketones is 1. The predicted molar refractivity (Wildman–Crippen MR) is 105 cm³/mol. The van der Waals surface area contributed by atoms with E-state index in [1.165, 1.54) is 12.1 Å². The fraction of sp³-hybridized carbons (Fsp3) is 0.217. The number of carbonyl (C=O) groups excluding carboxylic acids is 2. The van der Waals surface area contributed by atoms with E-state index in [0.717, 1.165) is 17.0 Å². The number of halogens is 1. The van der Waals surface area contributed by atoms with Gasteiger partial charge in [0.1, 0.15) is 5.82 Å². The van der Waals surface area contributed by atoms with Crippen molar-refractivity contribution in [3.8, 4) is 0 Å².